The summed E-state index contributed by atoms with van der Waals surface area (Å²) in [6.45, 7) is 9.20. The van der Waals surface area contributed by atoms with Crippen molar-refractivity contribution >= 4 is 23.2 Å². The molecule has 0 fully saturated rings. The predicted molar refractivity (Wildman–Crippen MR) is 102 cm³/mol. The van der Waals surface area contributed by atoms with Gasteiger partial charge in [0.1, 0.15) is 0 Å². The Balaban J connectivity index is 1.87. The van der Waals surface area contributed by atoms with E-state index in [1.54, 1.807) is 23.3 Å². The molecule has 0 unspecified atom stereocenters. The van der Waals surface area contributed by atoms with E-state index in [2.05, 4.69) is 18.9 Å². The van der Waals surface area contributed by atoms with Crippen molar-refractivity contribution in [3.8, 4) is 0 Å². The summed E-state index contributed by atoms with van der Waals surface area (Å²) < 4.78 is 7.12. The molecule has 2 rings (SSSR count). The second kappa shape index (κ2) is 8.98. The van der Waals surface area contributed by atoms with Crippen molar-refractivity contribution in [2.75, 3.05) is 13.7 Å². The number of ether oxygens (including phenoxy) is 1. The number of aromatic nitrogens is 2. The first-order valence-corrected chi connectivity index (χ1v) is 9.65. The Labute approximate surface area is 158 Å². The van der Waals surface area contributed by atoms with Gasteiger partial charge in [0.05, 0.1) is 12.1 Å². The maximum absolute atomic E-state index is 12.2. The molecule has 2 aromatic rings. The Morgan fingerprint density at radius 1 is 1.35 bits per heavy atom. The number of carbonyl (C=O) groups is 2. The summed E-state index contributed by atoms with van der Waals surface area (Å²) in [4.78, 5) is 25.8. The average molecular weight is 378 g/mol. The molecule has 142 valence electrons. The van der Waals surface area contributed by atoms with Crippen LogP contribution in [-0.2, 0) is 33.8 Å². The third-order valence-electron chi connectivity index (χ3n) is 4.17. The van der Waals surface area contributed by atoms with Crippen LogP contribution in [0.2, 0.25) is 0 Å². The first-order chi connectivity index (χ1) is 12.3. The number of carbonyl (C=O) groups excluding carboxylic acids is 2. The van der Waals surface area contributed by atoms with Crippen molar-refractivity contribution in [2.24, 2.45) is 5.92 Å². The lowest BCUT2D eigenvalue weighted by Crippen LogP contribution is -2.31. The molecule has 0 radical (unpaired) electrons. The van der Waals surface area contributed by atoms with Gasteiger partial charge in [-0.05, 0) is 42.2 Å². The summed E-state index contributed by atoms with van der Waals surface area (Å²) in [6, 6.07) is 1.97. The Hall–Kier alpha value is -2.15. The van der Waals surface area contributed by atoms with Gasteiger partial charge < -0.3 is 9.64 Å². The highest BCUT2D eigenvalue weighted by Gasteiger charge is 2.18. The monoisotopic (exact) mass is 377 g/mol. The van der Waals surface area contributed by atoms with Crippen LogP contribution in [-0.4, -0.2) is 40.2 Å². The fourth-order valence-electron chi connectivity index (χ4n) is 2.71. The lowest BCUT2D eigenvalue weighted by molar-refractivity contribution is -0.151. The molecule has 0 aliphatic rings. The summed E-state index contributed by atoms with van der Waals surface area (Å²) in [5.74, 6) is -0.143. The quantitative estimate of drug-likeness (QED) is 0.664. The van der Waals surface area contributed by atoms with Crippen LogP contribution in [0, 0.1) is 19.8 Å². The largest absolute Gasteiger partial charge is 0.455 e. The molecule has 6 nitrogen and oxygen atoms in total. The summed E-state index contributed by atoms with van der Waals surface area (Å²) in [5.41, 5.74) is 3.77. The number of esters is 1. The zero-order chi connectivity index (χ0) is 19.3. The first kappa shape index (κ1) is 20.2. The lowest BCUT2D eigenvalue weighted by Gasteiger charge is -2.16. The molecule has 2 aromatic heterocycles. The van der Waals surface area contributed by atoms with Gasteiger partial charge in [-0.25, -0.2) is 0 Å². The Morgan fingerprint density at radius 3 is 2.69 bits per heavy atom. The Kier molecular flexibility index (Phi) is 6.97. The van der Waals surface area contributed by atoms with Gasteiger partial charge in [-0.1, -0.05) is 13.8 Å². The third-order valence-corrected chi connectivity index (χ3v) is 4.90. The highest BCUT2D eigenvalue weighted by atomic mass is 32.1. The molecular weight excluding hydrogens is 350 g/mol. The van der Waals surface area contributed by atoms with Crippen molar-refractivity contribution in [1.29, 1.82) is 0 Å². The summed E-state index contributed by atoms with van der Waals surface area (Å²) in [7, 11) is 1.71. The zero-order valence-corrected chi connectivity index (χ0v) is 16.9. The standard InChI is InChI=1S/C19H27N3O3S/c1-13(2)9-22-15(4)17(14(3)20-22)8-19(24)25-11-18(23)21(5)10-16-6-7-26-12-16/h6-7,12-13H,8-11H2,1-5H3. The van der Waals surface area contributed by atoms with Gasteiger partial charge in [0, 0.05) is 31.4 Å². The minimum Gasteiger partial charge on any atom is -0.455 e. The number of hydrogen-bond acceptors (Lipinski definition) is 5. The molecule has 0 aliphatic carbocycles. The van der Waals surface area contributed by atoms with Crippen molar-refractivity contribution in [3.63, 3.8) is 0 Å². The molecule has 0 spiro atoms. The number of amides is 1. The number of aryl methyl sites for hydroxylation is 1. The van der Waals surface area contributed by atoms with Crippen LogP contribution in [0.15, 0.2) is 16.8 Å². The zero-order valence-electron chi connectivity index (χ0n) is 16.1. The minimum absolute atomic E-state index is 0.136. The molecule has 0 saturated heterocycles. The molecule has 0 saturated carbocycles. The van der Waals surface area contributed by atoms with E-state index in [-0.39, 0.29) is 18.9 Å². The highest BCUT2D eigenvalue weighted by molar-refractivity contribution is 7.07. The van der Waals surface area contributed by atoms with Crippen molar-refractivity contribution in [1.82, 2.24) is 14.7 Å². The number of rotatable bonds is 8. The normalized spacial score (nSPS) is 11.0. The summed E-state index contributed by atoms with van der Waals surface area (Å²) >= 11 is 1.59. The van der Waals surface area contributed by atoms with Gasteiger partial charge in [0.25, 0.3) is 5.91 Å². The molecule has 26 heavy (non-hydrogen) atoms. The lowest BCUT2D eigenvalue weighted by atomic mass is 10.1. The SMILES string of the molecule is Cc1nn(CC(C)C)c(C)c1CC(=O)OCC(=O)N(C)Cc1ccsc1. The Morgan fingerprint density at radius 2 is 2.08 bits per heavy atom. The molecule has 1 amide bonds. The van der Waals surface area contributed by atoms with E-state index in [4.69, 9.17) is 4.74 Å². The molecule has 0 atom stereocenters. The van der Waals surface area contributed by atoms with E-state index >= 15 is 0 Å². The molecule has 7 heteroatoms. The maximum Gasteiger partial charge on any atom is 0.310 e. The van der Waals surface area contributed by atoms with Crippen molar-refractivity contribution < 1.29 is 14.3 Å². The van der Waals surface area contributed by atoms with Gasteiger partial charge in [0.2, 0.25) is 0 Å². The van der Waals surface area contributed by atoms with Gasteiger partial charge in [-0.15, -0.1) is 0 Å². The molecule has 0 N–H and O–H groups in total. The second-order valence-electron chi connectivity index (χ2n) is 6.94. The van der Waals surface area contributed by atoms with E-state index in [0.717, 1.165) is 29.1 Å². The van der Waals surface area contributed by atoms with E-state index in [1.165, 1.54) is 0 Å². The highest BCUT2D eigenvalue weighted by Crippen LogP contribution is 2.16. The van der Waals surface area contributed by atoms with Gasteiger partial charge in [-0.3, -0.25) is 14.3 Å². The van der Waals surface area contributed by atoms with Crippen LogP contribution in [0.4, 0.5) is 0 Å². The summed E-state index contributed by atoms with van der Waals surface area (Å²) in [6.07, 6.45) is 0.136. The van der Waals surface area contributed by atoms with Gasteiger partial charge >= 0.3 is 5.97 Å². The minimum atomic E-state index is -0.405. The van der Waals surface area contributed by atoms with Gasteiger partial charge in [-0.2, -0.15) is 16.4 Å². The Bertz CT molecular complexity index is 750. The predicted octanol–water partition coefficient (Wildman–Crippen LogP) is 2.96. The van der Waals surface area contributed by atoms with Crippen molar-refractivity contribution in [3.05, 3.63) is 39.3 Å². The average Bonchev–Trinajstić information content (AvgIpc) is 3.16. The van der Waals surface area contributed by atoms with Gasteiger partial charge in [0.15, 0.2) is 6.61 Å². The number of nitrogens with zero attached hydrogens (tertiary/aromatic N) is 3. The van der Waals surface area contributed by atoms with E-state index < -0.39 is 5.97 Å². The van der Waals surface area contributed by atoms with Crippen LogP contribution >= 0.6 is 11.3 Å². The number of hydrogen-bond donors (Lipinski definition) is 0. The summed E-state index contributed by atoms with van der Waals surface area (Å²) in [5, 5.41) is 8.47. The van der Waals surface area contributed by atoms with Crippen LogP contribution in [0.5, 0.6) is 0 Å². The van der Waals surface area contributed by atoms with Crippen molar-refractivity contribution in [2.45, 2.75) is 47.2 Å². The molecular formula is C19H27N3O3S. The third kappa shape index (κ3) is 5.42. The van der Waals surface area contributed by atoms with Crippen LogP contribution < -0.4 is 0 Å². The molecule has 0 aromatic carbocycles. The van der Waals surface area contributed by atoms with E-state index in [0.29, 0.717) is 12.5 Å². The van der Waals surface area contributed by atoms with Crippen LogP contribution in [0.25, 0.3) is 0 Å². The first-order valence-electron chi connectivity index (χ1n) is 8.71. The maximum atomic E-state index is 12.2. The fourth-order valence-corrected chi connectivity index (χ4v) is 3.37. The van der Waals surface area contributed by atoms with Crippen LogP contribution in [0.3, 0.4) is 0 Å². The number of thiophene rings is 1. The molecule has 2 heterocycles. The smallest absolute Gasteiger partial charge is 0.310 e. The molecule has 0 aliphatic heterocycles. The topological polar surface area (TPSA) is 64.4 Å². The fraction of sp³-hybridized carbons (Fsp3) is 0.526. The second-order valence-corrected chi connectivity index (χ2v) is 7.72. The van der Waals surface area contributed by atoms with E-state index in [9.17, 15) is 9.59 Å². The number of likely N-dealkylation sites (N-methyl/N-ethyl adjacent to an activating group) is 1. The van der Waals surface area contributed by atoms with E-state index in [1.807, 2.05) is 35.4 Å². The van der Waals surface area contributed by atoms with Crippen LogP contribution in [0.1, 0.15) is 36.4 Å². The molecule has 0 bridgehead atoms.